The monoisotopic (exact) mass is 362 g/mol. The third-order valence-electron chi connectivity index (χ3n) is 4.40. The molecule has 6 N–H and O–H groups in total. The first-order chi connectivity index (χ1) is 13.0. The summed E-state index contributed by atoms with van der Waals surface area (Å²) in [6, 6.07) is 12.1. The number of nitrogens with two attached hydrogens (primary N) is 1. The Morgan fingerprint density at radius 3 is 2.93 bits per heavy atom. The van der Waals surface area contributed by atoms with Crippen LogP contribution >= 0.6 is 0 Å². The zero-order chi connectivity index (χ0) is 19.0. The van der Waals surface area contributed by atoms with Crippen LogP contribution in [-0.2, 0) is 0 Å². The number of nitrogens with zero attached hydrogens (tertiary/aromatic N) is 2. The van der Waals surface area contributed by atoms with Crippen LogP contribution in [0.4, 0.5) is 5.82 Å². The number of H-pyrrole nitrogens is 2. The first-order valence-corrected chi connectivity index (χ1v) is 8.40. The molecule has 0 aliphatic rings. The number of fused-ring (bicyclic) bond motifs is 1. The molecule has 27 heavy (non-hydrogen) atoms. The van der Waals surface area contributed by atoms with Crippen LogP contribution in [0.5, 0.6) is 5.75 Å². The molecule has 8 nitrogen and oxygen atoms in total. The zero-order valence-corrected chi connectivity index (χ0v) is 14.5. The van der Waals surface area contributed by atoms with Crippen LogP contribution in [0.2, 0.25) is 0 Å². The van der Waals surface area contributed by atoms with E-state index in [0.717, 1.165) is 22.0 Å². The lowest BCUT2D eigenvalue weighted by atomic mass is 10.1. The molecule has 0 aliphatic carbocycles. The van der Waals surface area contributed by atoms with Crippen LogP contribution in [0.3, 0.4) is 0 Å². The molecule has 0 spiro atoms. The second-order valence-electron chi connectivity index (χ2n) is 6.30. The van der Waals surface area contributed by atoms with Crippen molar-refractivity contribution in [1.82, 2.24) is 25.5 Å². The Morgan fingerprint density at radius 1 is 1.26 bits per heavy atom. The number of imidazole rings is 1. The van der Waals surface area contributed by atoms with Gasteiger partial charge >= 0.3 is 0 Å². The van der Waals surface area contributed by atoms with E-state index in [1.165, 1.54) is 6.20 Å². The predicted octanol–water partition coefficient (Wildman–Crippen LogP) is 2.73. The van der Waals surface area contributed by atoms with Gasteiger partial charge in [-0.3, -0.25) is 9.89 Å². The molecule has 2 aromatic heterocycles. The summed E-state index contributed by atoms with van der Waals surface area (Å²) >= 11 is 0. The van der Waals surface area contributed by atoms with Crippen molar-refractivity contribution in [3.63, 3.8) is 0 Å². The fraction of sp³-hybridized carbons (Fsp3) is 0.105. The van der Waals surface area contributed by atoms with Crippen LogP contribution in [0.25, 0.3) is 22.3 Å². The van der Waals surface area contributed by atoms with Gasteiger partial charge in [-0.2, -0.15) is 5.10 Å². The minimum Gasteiger partial charge on any atom is -0.508 e. The van der Waals surface area contributed by atoms with Crippen LogP contribution in [0.15, 0.2) is 48.7 Å². The Bertz CT molecular complexity index is 1130. The number of amides is 1. The summed E-state index contributed by atoms with van der Waals surface area (Å²) in [6.45, 7) is 1.85. The van der Waals surface area contributed by atoms with Crippen molar-refractivity contribution < 1.29 is 9.90 Å². The molecule has 0 unspecified atom stereocenters. The Labute approximate surface area is 154 Å². The summed E-state index contributed by atoms with van der Waals surface area (Å²) in [7, 11) is 0. The predicted molar refractivity (Wildman–Crippen MR) is 102 cm³/mol. The molecular formula is C19H18N6O2. The lowest BCUT2D eigenvalue weighted by molar-refractivity contribution is 0.0935. The highest BCUT2D eigenvalue weighted by molar-refractivity contribution is 5.94. The number of nitrogen functional groups attached to an aromatic ring is 1. The lowest BCUT2D eigenvalue weighted by Crippen LogP contribution is -2.26. The van der Waals surface area contributed by atoms with E-state index in [2.05, 4.69) is 25.5 Å². The number of nitrogens with one attached hydrogen (secondary N) is 3. The van der Waals surface area contributed by atoms with Crippen molar-refractivity contribution in [1.29, 1.82) is 0 Å². The summed E-state index contributed by atoms with van der Waals surface area (Å²) in [5, 5.41) is 20.1. The molecule has 1 amide bonds. The van der Waals surface area contributed by atoms with Gasteiger partial charge in [-0.05, 0) is 42.8 Å². The molecule has 4 rings (SSSR count). The van der Waals surface area contributed by atoms with Crippen molar-refractivity contribution >= 4 is 22.6 Å². The Morgan fingerprint density at radius 2 is 2.11 bits per heavy atom. The van der Waals surface area contributed by atoms with Gasteiger partial charge in [0.2, 0.25) is 0 Å². The second kappa shape index (κ2) is 6.49. The maximum Gasteiger partial charge on any atom is 0.269 e. The first-order valence-electron chi connectivity index (χ1n) is 8.40. The van der Waals surface area contributed by atoms with Gasteiger partial charge in [-0.15, -0.1) is 0 Å². The minimum absolute atomic E-state index is 0.159. The third kappa shape index (κ3) is 3.20. The maximum atomic E-state index is 12.5. The standard InChI is InChI=1S/C19H18N6O2/c1-10(11-3-2-4-13(26)7-11)22-19(27)16-9-21-18(23-16)12-5-6-15-14(8-12)17(20)25-24-15/h2-10,26H,1H3,(H,21,23)(H,22,27)(H3,20,24,25)/t10-/m1/s1. The van der Waals surface area contributed by atoms with E-state index in [1.54, 1.807) is 18.2 Å². The number of aromatic nitrogens is 4. The zero-order valence-electron chi connectivity index (χ0n) is 14.5. The van der Waals surface area contributed by atoms with Gasteiger partial charge in [-0.1, -0.05) is 12.1 Å². The number of hydrogen-bond donors (Lipinski definition) is 5. The number of benzene rings is 2. The fourth-order valence-corrected chi connectivity index (χ4v) is 2.92. The van der Waals surface area contributed by atoms with Crippen molar-refractivity contribution in [2.45, 2.75) is 13.0 Å². The van der Waals surface area contributed by atoms with Gasteiger partial charge in [0.25, 0.3) is 5.91 Å². The molecule has 0 bridgehead atoms. The molecular weight excluding hydrogens is 344 g/mol. The van der Waals surface area contributed by atoms with E-state index in [0.29, 0.717) is 17.3 Å². The summed E-state index contributed by atoms with van der Waals surface area (Å²) in [5.41, 5.74) is 8.63. The van der Waals surface area contributed by atoms with Crippen LogP contribution in [0.1, 0.15) is 29.0 Å². The van der Waals surface area contributed by atoms with E-state index in [9.17, 15) is 9.90 Å². The molecule has 8 heteroatoms. The number of carbonyl (C=O) groups is 1. The average molecular weight is 362 g/mol. The van der Waals surface area contributed by atoms with Crippen LogP contribution in [-0.4, -0.2) is 31.2 Å². The molecule has 0 radical (unpaired) electrons. The van der Waals surface area contributed by atoms with E-state index >= 15 is 0 Å². The molecule has 136 valence electrons. The summed E-state index contributed by atoms with van der Waals surface area (Å²) in [6.07, 6.45) is 1.49. The largest absolute Gasteiger partial charge is 0.508 e. The van der Waals surface area contributed by atoms with E-state index in [4.69, 9.17) is 5.73 Å². The lowest BCUT2D eigenvalue weighted by Gasteiger charge is -2.13. The average Bonchev–Trinajstić information content (AvgIpc) is 3.29. The van der Waals surface area contributed by atoms with E-state index in [-0.39, 0.29) is 17.7 Å². The van der Waals surface area contributed by atoms with Gasteiger partial charge in [0.15, 0.2) is 5.82 Å². The number of carbonyl (C=O) groups excluding carboxylic acids is 1. The van der Waals surface area contributed by atoms with E-state index < -0.39 is 0 Å². The first kappa shape index (κ1) is 16.6. The fourth-order valence-electron chi connectivity index (χ4n) is 2.92. The quantitative estimate of drug-likeness (QED) is 0.381. The SMILES string of the molecule is C[C@@H](NC(=O)c1cnc(-c2ccc3[nH]nc(N)c3c2)[nH]1)c1cccc(O)c1. The molecule has 0 fully saturated rings. The number of aromatic amines is 2. The van der Waals surface area contributed by atoms with Crippen molar-refractivity contribution in [2.24, 2.45) is 0 Å². The molecule has 4 aromatic rings. The highest BCUT2D eigenvalue weighted by Crippen LogP contribution is 2.25. The summed E-state index contributed by atoms with van der Waals surface area (Å²) in [5.74, 6) is 0.851. The maximum absolute atomic E-state index is 12.5. The number of anilines is 1. The van der Waals surface area contributed by atoms with Crippen molar-refractivity contribution in [2.75, 3.05) is 5.73 Å². The number of hydrogen-bond acceptors (Lipinski definition) is 5. The van der Waals surface area contributed by atoms with Crippen molar-refractivity contribution in [3.05, 3.63) is 59.9 Å². The summed E-state index contributed by atoms with van der Waals surface area (Å²) in [4.78, 5) is 19.8. The Kier molecular flexibility index (Phi) is 4.00. The van der Waals surface area contributed by atoms with Gasteiger partial charge in [0, 0.05) is 10.9 Å². The Balaban J connectivity index is 1.54. The number of phenolic OH excluding ortho intramolecular Hbond substituents is 1. The highest BCUT2D eigenvalue weighted by atomic mass is 16.3. The smallest absolute Gasteiger partial charge is 0.269 e. The van der Waals surface area contributed by atoms with Crippen LogP contribution in [0, 0.1) is 0 Å². The van der Waals surface area contributed by atoms with Gasteiger partial charge in [-0.25, -0.2) is 4.98 Å². The Hall–Kier alpha value is -3.81. The third-order valence-corrected chi connectivity index (χ3v) is 4.40. The number of phenols is 1. The van der Waals surface area contributed by atoms with Crippen molar-refractivity contribution in [3.8, 4) is 17.1 Å². The number of rotatable bonds is 4. The second-order valence-corrected chi connectivity index (χ2v) is 6.30. The van der Waals surface area contributed by atoms with E-state index in [1.807, 2.05) is 31.2 Å². The summed E-state index contributed by atoms with van der Waals surface area (Å²) < 4.78 is 0. The normalized spacial score (nSPS) is 12.2. The molecule has 2 aromatic carbocycles. The molecule has 0 aliphatic heterocycles. The molecule has 1 atom stereocenters. The topological polar surface area (TPSA) is 133 Å². The highest BCUT2D eigenvalue weighted by Gasteiger charge is 2.15. The molecule has 0 saturated heterocycles. The van der Waals surface area contributed by atoms with Crippen LogP contribution < -0.4 is 11.1 Å². The molecule has 2 heterocycles. The van der Waals surface area contributed by atoms with Gasteiger partial charge in [0.05, 0.1) is 17.8 Å². The van der Waals surface area contributed by atoms with Gasteiger partial charge < -0.3 is 21.1 Å². The number of aromatic hydroxyl groups is 1. The van der Waals surface area contributed by atoms with Gasteiger partial charge in [0.1, 0.15) is 17.3 Å². The minimum atomic E-state index is -0.284. The molecule has 0 saturated carbocycles.